The quantitative estimate of drug-likeness (QED) is 0.500. The smallest absolute Gasteiger partial charge is 0.264 e. The second-order valence-corrected chi connectivity index (χ2v) is 8.90. The number of allylic oxidation sites excluding steroid dienone is 1. The van der Waals surface area contributed by atoms with E-state index in [0.717, 1.165) is 24.8 Å². The third kappa shape index (κ3) is 4.24. The molecule has 2 aromatic rings. The molecule has 0 saturated carbocycles. The Hall–Kier alpha value is -2.73. The fraction of sp³-hybridized carbons (Fsp3) is 0.375. The Morgan fingerprint density at radius 2 is 1.97 bits per heavy atom. The number of carbonyl (C=O) groups excluding carboxylic acids is 3. The van der Waals surface area contributed by atoms with Gasteiger partial charge in [0.25, 0.3) is 11.8 Å². The predicted octanol–water partition coefficient (Wildman–Crippen LogP) is 4.72. The first-order valence-electron chi connectivity index (χ1n) is 10.5. The van der Waals surface area contributed by atoms with Crippen LogP contribution in [0.5, 0.6) is 0 Å². The second kappa shape index (κ2) is 8.96. The van der Waals surface area contributed by atoms with Crippen LogP contribution in [0, 0.1) is 6.92 Å². The highest BCUT2D eigenvalue weighted by Crippen LogP contribution is 2.29. The standard InChI is InChI=1S/C24H26N2O3S/c1-17-9-11-19(12-10-17)26-22(27)16-20(23(26)28)25(24(29)21-8-5-15-30-21)14-13-18-6-3-2-4-7-18/h5-6,8-12,15,20H,2-4,7,13-14,16H2,1H3. The van der Waals surface area contributed by atoms with Crippen LogP contribution in [0.4, 0.5) is 5.69 Å². The van der Waals surface area contributed by atoms with Gasteiger partial charge in [-0.3, -0.25) is 14.4 Å². The number of aryl methyl sites for hydroxylation is 1. The summed E-state index contributed by atoms with van der Waals surface area (Å²) in [6, 6.07) is 10.2. The molecule has 3 amide bonds. The Labute approximate surface area is 181 Å². The van der Waals surface area contributed by atoms with E-state index in [1.54, 1.807) is 23.1 Å². The molecule has 1 fully saturated rings. The first-order valence-corrected chi connectivity index (χ1v) is 11.4. The van der Waals surface area contributed by atoms with Gasteiger partial charge in [0.05, 0.1) is 17.0 Å². The van der Waals surface area contributed by atoms with Crippen LogP contribution in [0.15, 0.2) is 53.4 Å². The molecule has 30 heavy (non-hydrogen) atoms. The van der Waals surface area contributed by atoms with Gasteiger partial charge >= 0.3 is 0 Å². The van der Waals surface area contributed by atoms with Crippen molar-refractivity contribution in [1.82, 2.24) is 4.90 Å². The maximum absolute atomic E-state index is 13.3. The van der Waals surface area contributed by atoms with Gasteiger partial charge in [-0.15, -0.1) is 11.3 Å². The van der Waals surface area contributed by atoms with E-state index < -0.39 is 6.04 Å². The summed E-state index contributed by atoms with van der Waals surface area (Å²) in [5, 5.41) is 1.86. The van der Waals surface area contributed by atoms with E-state index in [9.17, 15) is 14.4 Å². The largest absolute Gasteiger partial charge is 0.325 e. The lowest BCUT2D eigenvalue weighted by Gasteiger charge is -2.28. The lowest BCUT2D eigenvalue weighted by atomic mass is 9.97. The highest BCUT2D eigenvalue weighted by molar-refractivity contribution is 7.12. The van der Waals surface area contributed by atoms with Gasteiger partial charge in [-0.1, -0.05) is 35.4 Å². The predicted molar refractivity (Wildman–Crippen MR) is 119 cm³/mol. The van der Waals surface area contributed by atoms with Crippen LogP contribution in [-0.2, 0) is 9.59 Å². The van der Waals surface area contributed by atoms with Crippen molar-refractivity contribution >= 4 is 34.7 Å². The lowest BCUT2D eigenvalue weighted by molar-refractivity contribution is -0.122. The van der Waals surface area contributed by atoms with Crippen molar-refractivity contribution in [2.24, 2.45) is 0 Å². The van der Waals surface area contributed by atoms with E-state index in [4.69, 9.17) is 0 Å². The van der Waals surface area contributed by atoms with E-state index in [0.29, 0.717) is 17.1 Å². The van der Waals surface area contributed by atoms with Crippen LogP contribution in [0.3, 0.4) is 0 Å². The number of amides is 3. The molecule has 1 atom stereocenters. The highest BCUT2D eigenvalue weighted by atomic mass is 32.1. The van der Waals surface area contributed by atoms with Crippen molar-refractivity contribution in [2.75, 3.05) is 11.4 Å². The van der Waals surface area contributed by atoms with E-state index >= 15 is 0 Å². The number of thiophene rings is 1. The molecule has 5 nitrogen and oxygen atoms in total. The summed E-state index contributed by atoms with van der Waals surface area (Å²) in [5.41, 5.74) is 2.97. The van der Waals surface area contributed by atoms with Crippen LogP contribution in [-0.4, -0.2) is 35.2 Å². The zero-order chi connectivity index (χ0) is 21.1. The molecule has 1 aliphatic carbocycles. The topological polar surface area (TPSA) is 57.7 Å². The Kier molecular flexibility index (Phi) is 6.13. The summed E-state index contributed by atoms with van der Waals surface area (Å²) in [5.74, 6) is -0.737. The van der Waals surface area contributed by atoms with Crippen molar-refractivity contribution in [3.05, 3.63) is 63.9 Å². The highest BCUT2D eigenvalue weighted by Gasteiger charge is 2.44. The third-order valence-corrected chi connectivity index (χ3v) is 6.70. The molecule has 0 spiro atoms. The molecule has 1 saturated heterocycles. The van der Waals surface area contributed by atoms with Gasteiger partial charge < -0.3 is 4.90 Å². The summed E-state index contributed by atoms with van der Waals surface area (Å²) in [7, 11) is 0. The second-order valence-electron chi connectivity index (χ2n) is 7.96. The number of anilines is 1. The Morgan fingerprint density at radius 1 is 1.17 bits per heavy atom. The number of hydrogen-bond donors (Lipinski definition) is 0. The van der Waals surface area contributed by atoms with Gasteiger partial charge in [0.2, 0.25) is 5.91 Å². The number of nitrogens with zero attached hydrogens (tertiary/aromatic N) is 2. The molecular weight excluding hydrogens is 396 g/mol. The van der Waals surface area contributed by atoms with Gasteiger partial charge in [-0.05, 0) is 62.6 Å². The number of benzene rings is 1. The summed E-state index contributed by atoms with van der Waals surface area (Å²) in [6.45, 7) is 2.41. The Morgan fingerprint density at radius 3 is 2.63 bits per heavy atom. The minimum atomic E-state index is -0.752. The first-order chi connectivity index (χ1) is 14.5. The van der Waals surface area contributed by atoms with E-state index in [2.05, 4.69) is 6.08 Å². The first kappa shape index (κ1) is 20.5. The molecule has 0 bridgehead atoms. The van der Waals surface area contributed by atoms with Crippen molar-refractivity contribution < 1.29 is 14.4 Å². The average molecular weight is 423 g/mol. The molecule has 0 radical (unpaired) electrons. The lowest BCUT2D eigenvalue weighted by Crippen LogP contribution is -2.46. The summed E-state index contributed by atoms with van der Waals surface area (Å²) >= 11 is 1.36. The molecule has 156 valence electrons. The summed E-state index contributed by atoms with van der Waals surface area (Å²) < 4.78 is 0. The summed E-state index contributed by atoms with van der Waals surface area (Å²) in [4.78, 5) is 42.7. The van der Waals surface area contributed by atoms with Crippen LogP contribution < -0.4 is 4.90 Å². The van der Waals surface area contributed by atoms with Gasteiger partial charge in [0.1, 0.15) is 6.04 Å². The van der Waals surface area contributed by atoms with E-state index in [1.807, 2.05) is 30.5 Å². The van der Waals surface area contributed by atoms with Crippen LogP contribution >= 0.6 is 11.3 Å². The number of imide groups is 1. The Balaban J connectivity index is 1.58. The third-order valence-electron chi connectivity index (χ3n) is 5.84. The van der Waals surface area contributed by atoms with Crippen molar-refractivity contribution in [3.63, 3.8) is 0 Å². The molecule has 1 unspecified atom stereocenters. The van der Waals surface area contributed by atoms with Gasteiger partial charge in [-0.2, -0.15) is 0 Å². The molecular formula is C24H26N2O3S. The minimum absolute atomic E-state index is 0.0306. The molecule has 1 aliphatic heterocycles. The van der Waals surface area contributed by atoms with Crippen LogP contribution in [0.1, 0.15) is 53.8 Å². The molecule has 2 aliphatic rings. The van der Waals surface area contributed by atoms with Crippen LogP contribution in [0.25, 0.3) is 0 Å². The summed E-state index contributed by atoms with van der Waals surface area (Å²) in [6.07, 6.45) is 7.56. The van der Waals surface area contributed by atoms with Crippen molar-refractivity contribution in [2.45, 2.75) is 51.5 Å². The molecule has 1 aromatic carbocycles. The van der Waals surface area contributed by atoms with Gasteiger partial charge in [-0.25, -0.2) is 4.90 Å². The molecule has 2 heterocycles. The number of carbonyl (C=O) groups is 3. The normalized spacial score (nSPS) is 19.2. The monoisotopic (exact) mass is 422 g/mol. The van der Waals surface area contributed by atoms with Gasteiger partial charge in [0, 0.05) is 6.54 Å². The SMILES string of the molecule is Cc1ccc(N2C(=O)CC(N(CCC3=CCCCC3)C(=O)c3cccs3)C2=O)cc1. The van der Waals surface area contributed by atoms with Gasteiger partial charge in [0.15, 0.2) is 0 Å². The number of rotatable bonds is 6. The zero-order valence-electron chi connectivity index (χ0n) is 17.2. The fourth-order valence-corrected chi connectivity index (χ4v) is 4.84. The maximum atomic E-state index is 13.3. The zero-order valence-corrected chi connectivity index (χ0v) is 18.0. The molecule has 6 heteroatoms. The minimum Gasteiger partial charge on any atom is -0.325 e. The van der Waals surface area contributed by atoms with Crippen LogP contribution in [0.2, 0.25) is 0 Å². The van der Waals surface area contributed by atoms with Crippen molar-refractivity contribution in [3.8, 4) is 0 Å². The van der Waals surface area contributed by atoms with E-state index in [-0.39, 0.29) is 24.1 Å². The number of hydrogen-bond acceptors (Lipinski definition) is 4. The fourth-order valence-electron chi connectivity index (χ4n) is 4.16. The Bertz CT molecular complexity index is 963. The van der Waals surface area contributed by atoms with Crippen molar-refractivity contribution in [1.29, 1.82) is 0 Å². The van der Waals surface area contributed by atoms with E-state index in [1.165, 1.54) is 34.7 Å². The molecule has 0 N–H and O–H groups in total. The molecule has 4 rings (SSSR count). The maximum Gasteiger partial charge on any atom is 0.264 e. The molecule has 1 aromatic heterocycles. The average Bonchev–Trinajstić information content (AvgIpc) is 3.39.